The Hall–Kier alpha value is -1.05. The lowest BCUT2D eigenvalue weighted by atomic mass is 10.3. The minimum atomic E-state index is -3.39. The lowest BCUT2D eigenvalue weighted by molar-refractivity contribution is 0.245. The van der Waals surface area contributed by atoms with Gasteiger partial charge in [-0.15, -0.1) is 4.89 Å². The number of sulfonamides is 1. The molecular formula is C10H16BNO4S. The average molecular weight is 257 g/mol. The van der Waals surface area contributed by atoms with Gasteiger partial charge in [0.2, 0.25) is 10.0 Å². The Bertz CT molecular complexity index is 421. The van der Waals surface area contributed by atoms with Gasteiger partial charge in [-0.05, 0) is 18.1 Å². The number of hydrogen-bond acceptors (Lipinski definition) is 4. The summed E-state index contributed by atoms with van der Waals surface area (Å²) >= 11 is 0. The molecule has 0 aromatic heterocycles. The molecule has 1 N–H and O–H groups in total. The molecule has 0 atom stereocenters. The first-order chi connectivity index (χ1) is 7.99. The Morgan fingerprint density at radius 3 is 2.53 bits per heavy atom. The van der Waals surface area contributed by atoms with Crippen molar-refractivity contribution in [1.82, 2.24) is 4.89 Å². The van der Waals surface area contributed by atoms with Gasteiger partial charge in [0.05, 0.1) is 5.75 Å². The van der Waals surface area contributed by atoms with E-state index in [4.69, 9.17) is 9.41 Å². The highest BCUT2D eigenvalue weighted by molar-refractivity contribution is 7.89. The molecule has 7 heteroatoms. The maximum Gasteiger partial charge on any atom is 0.525 e. The van der Waals surface area contributed by atoms with Crippen molar-refractivity contribution in [2.75, 3.05) is 5.75 Å². The summed E-state index contributed by atoms with van der Waals surface area (Å²) in [6.07, 6.45) is 0. The maximum atomic E-state index is 11.4. The van der Waals surface area contributed by atoms with Crippen LogP contribution >= 0.6 is 0 Å². The van der Waals surface area contributed by atoms with Crippen LogP contribution in [-0.4, -0.2) is 21.9 Å². The average Bonchev–Trinajstić information content (AvgIpc) is 2.24. The number of hydrogen-bond donors (Lipinski definition) is 1. The van der Waals surface area contributed by atoms with Gasteiger partial charge in [-0.3, -0.25) is 0 Å². The zero-order valence-corrected chi connectivity index (χ0v) is 10.7. The van der Waals surface area contributed by atoms with Crippen LogP contribution in [0.15, 0.2) is 30.3 Å². The molecule has 0 unspecified atom stereocenters. The highest BCUT2D eigenvalue weighted by Crippen LogP contribution is 2.07. The quantitative estimate of drug-likeness (QED) is 0.446. The largest absolute Gasteiger partial charge is 0.538 e. The molecule has 0 aliphatic rings. The van der Waals surface area contributed by atoms with Crippen LogP contribution in [0.5, 0.6) is 5.75 Å². The van der Waals surface area contributed by atoms with Crippen molar-refractivity contribution in [3.8, 4) is 5.75 Å². The first-order valence-corrected chi connectivity index (χ1v) is 6.94. The van der Waals surface area contributed by atoms with Crippen molar-refractivity contribution in [3.05, 3.63) is 30.3 Å². The summed E-state index contributed by atoms with van der Waals surface area (Å²) in [5, 5.41) is 0. The van der Waals surface area contributed by atoms with Crippen LogP contribution in [0.3, 0.4) is 0 Å². The van der Waals surface area contributed by atoms with Crippen molar-refractivity contribution >= 4 is 17.7 Å². The molecule has 0 bridgehead atoms. The Kier molecular flexibility index (Phi) is 5.47. The van der Waals surface area contributed by atoms with Crippen LogP contribution in [-0.2, 0) is 14.8 Å². The summed E-state index contributed by atoms with van der Waals surface area (Å²) in [4.78, 5) is 2.01. The minimum Gasteiger partial charge on any atom is -0.538 e. The fourth-order valence-corrected chi connectivity index (χ4v) is 2.37. The fourth-order valence-electron chi connectivity index (χ4n) is 1.20. The number of benzene rings is 1. The van der Waals surface area contributed by atoms with Crippen LogP contribution in [0.2, 0.25) is 0 Å². The van der Waals surface area contributed by atoms with Crippen molar-refractivity contribution in [1.29, 1.82) is 0 Å². The van der Waals surface area contributed by atoms with E-state index >= 15 is 0 Å². The SMILES string of the molecule is CC(C)CS(=O)(=O)NOBOc1ccccc1. The smallest absolute Gasteiger partial charge is 0.525 e. The third-order valence-electron chi connectivity index (χ3n) is 1.77. The van der Waals surface area contributed by atoms with E-state index in [-0.39, 0.29) is 19.4 Å². The van der Waals surface area contributed by atoms with Gasteiger partial charge >= 0.3 is 7.69 Å². The molecule has 0 spiro atoms. The van der Waals surface area contributed by atoms with Gasteiger partial charge in [0.25, 0.3) is 0 Å². The maximum absolute atomic E-state index is 11.4. The van der Waals surface area contributed by atoms with Crippen molar-refractivity contribution in [2.45, 2.75) is 13.8 Å². The van der Waals surface area contributed by atoms with Gasteiger partial charge in [0.1, 0.15) is 5.75 Å². The molecule has 0 fully saturated rings. The zero-order valence-electron chi connectivity index (χ0n) is 9.92. The van der Waals surface area contributed by atoms with Crippen LogP contribution in [0.4, 0.5) is 0 Å². The van der Waals surface area contributed by atoms with E-state index in [0.29, 0.717) is 5.75 Å². The van der Waals surface area contributed by atoms with Gasteiger partial charge in [0.15, 0.2) is 0 Å². The molecule has 0 amide bonds. The highest BCUT2D eigenvalue weighted by atomic mass is 32.2. The fraction of sp³-hybridized carbons (Fsp3) is 0.400. The standard InChI is InChI=1S/C10H16BNO4S/c1-9(2)8-17(13,14)12-16-11-15-10-6-4-3-5-7-10/h3-7,9,11-12H,8H2,1-2H3. The molecule has 0 saturated carbocycles. The normalized spacial score (nSPS) is 11.5. The second kappa shape index (κ2) is 6.63. The van der Waals surface area contributed by atoms with E-state index in [1.54, 1.807) is 12.1 Å². The number of rotatable bonds is 7. The molecule has 1 aromatic rings. The Balaban J connectivity index is 2.25. The van der Waals surface area contributed by atoms with E-state index < -0.39 is 10.0 Å². The molecule has 1 aromatic carbocycles. The molecule has 0 radical (unpaired) electrons. The molecular weight excluding hydrogens is 241 g/mol. The minimum absolute atomic E-state index is 0.0261. The summed E-state index contributed by atoms with van der Waals surface area (Å²) < 4.78 is 32.6. The Morgan fingerprint density at radius 1 is 1.29 bits per heavy atom. The number of para-hydroxylation sites is 1. The molecule has 5 nitrogen and oxygen atoms in total. The van der Waals surface area contributed by atoms with Crippen LogP contribution in [0.25, 0.3) is 0 Å². The van der Waals surface area contributed by atoms with Crippen molar-refractivity contribution in [3.63, 3.8) is 0 Å². The molecule has 17 heavy (non-hydrogen) atoms. The van der Waals surface area contributed by atoms with E-state index in [1.165, 1.54) is 0 Å². The van der Waals surface area contributed by atoms with Crippen LogP contribution in [0.1, 0.15) is 13.8 Å². The molecule has 94 valence electrons. The van der Waals surface area contributed by atoms with E-state index in [9.17, 15) is 8.42 Å². The highest BCUT2D eigenvalue weighted by Gasteiger charge is 2.12. The summed E-state index contributed by atoms with van der Waals surface area (Å²) in [5.41, 5.74) is 0. The summed E-state index contributed by atoms with van der Waals surface area (Å²) in [6, 6.07) is 9.01. The molecule has 0 aliphatic carbocycles. The zero-order chi connectivity index (χ0) is 12.7. The van der Waals surface area contributed by atoms with Gasteiger partial charge in [-0.2, -0.15) is 0 Å². The van der Waals surface area contributed by atoms with Gasteiger partial charge in [0, 0.05) is 0 Å². The summed E-state index contributed by atoms with van der Waals surface area (Å²) in [5.74, 6) is 0.694. The summed E-state index contributed by atoms with van der Waals surface area (Å²) in [6.45, 7) is 3.64. The second-order valence-corrected chi connectivity index (χ2v) is 5.71. The van der Waals surface area contributed by atoms with E-state index in [1.807, 2.05) is 36.9 Å². The van der Waals surface area contributed by atoms with Gasteiger partial charge in [-0.25, -0.2) is 8.42 Å². The van der Waals surface area contributed by atoms with Crippen molar-refractivity contribution < 1.29 is 17.8 Å². The van der Waals surface area contributed by atoms with E-state index in [2.05, 4.69) is 0 Å². The third-order valence-corrected chi connectivity index (χ3v) is 3.24. The predicted octanol–water partition coefficient (Wildman–Crippen LogP) is 0.839. The van der Waals surface area contributed by atoms with Crippen LogP contribution < -0.4 is 9.54 Å². The second-order valence-electron chi connectivity index (χ2n) is 3.98. The lowest BCUT2D eigenvalue weighted by Crippen LogP contribution is -2.31. The Labute approximate surface area is 102 Å². The molecule has 1 rings (SSSR count). The van der Waals surface area contributed by atoms with Gasteiger partial charge in [-0.1, -0.05) is 32.0 Å². The molecule has 0 aliphatic heterocycles. The van der Waals surface area contributed by atoms with Gasteiger partial charge < -0.3 is 9.41 Å². The summed E-state index contributed by atoms with van der Waals surface area (Å²) in [7, 11) is -3.55. The predicted molar refractivity (Wildman–Crippen MR) is 67.1 cm³/mol. The van der Waals surface area contributed by atoms with Crippen LogP contribution in [0, 0.1) is 5.92 Å². The molecule has 0 heterocycles. The lowest BCUT2D eigenvalue weighted by Gasteiger charge is -2.09. The Morgan fingerprint density at radius 2 is 1.94 bits per heavy atom. The first kappa shape index (κ1) is 14.0. The number of nitrogens with one attached hydrogen (secondary N) is 1. The monoisotopic (exact) mass is 257 g/mol. The third kappa shape index (κ3) is 6.30. The molecule has 0 saturated heterocycles. The van der Waals surface area contributed by atoms with E-state index in [0.717, 1.165) is 0 Å². The van der Waals surface area contributed by atoms with Crippen molar-refractivity contribution in [2.24, 2.45) is 5.92 Å². The topological polar surface area (TPSA) is 64.6 Å². The first-order valence-electron chi connectivity index (χ1n) is 5.29.